The van der Waals surface area contributed by atoms with Crippen molar-refractivity contribution >= 4 is 50.9 Å². The van der Waals surface area contributed by atoms with Gasteiger partial charge in [-0.05, 0) is 71.8 Å². The lowest BCUT2D eigenvalue weighted by molar-refractivity contribution is 0.282. The zero-order valence-corrected chi connectivity index (χ0v) is 23.1. The van der Waals surface area contributed by atoms with Crippen LogP contribution in [-0.4, -0.2) is 27.5 Å². The van der Waals surface area contributed by atoms with E-state index in [1.165, 1.54) is 0 Å². The highest BCUT2D eigenvalue weighted by atomic mass is 127. The number of aromatic nitrogens is 4. The molecule has 0 bridgehead atoms. The Morgan fingerprint density at radius 3 is 1.97 bits per heavy atom. The predicted molar refractivity (Wildman–Crippen MR) is 145 cm³/mol. The molecule has 0 aliphatic heterocycles. The van der Waals surface area contributed by atoms with Crippen LogP contribution >= 0.6 is 50.9 Å². The molecule has 2 heterocycles. The van der Waals surface area contributed by atoms with E-state index in [1.54, 1.807) is 21.0 Å². The van der Waals surface area contributed by atoms with Crippen LogP contribution in [0.1, 0.15) is 39.6 Å². The van der Waals surface area contributed by atoms with Crippen molar-refractivity contribution in [1.82, 2.24) is 20.4 Å². The number of hydrogen-bond acceptors (Lipinski definition) is 4. The maximum absolute atomic E-state index is 12.7. The van der Waals surface area contributed by atoms with Crippen LogP contribution in [0.5, 0.6) is 11.5 Å². The molecule has 0 saturated heterocycles. The van der Waals surface area contributed by atoms with Gasteiger partial charge in [-0.2, -0.15) is 0 Å². The highest BCUT2D eigenvalue weighted by Crippen LogP contribution is 2.40. The van der Waals surface area contributed by atoms with Crippen molar-refractivity contribution in [3.05, 3.63) is 98.8 Å². The van der Waals surface area contributed by atoms with Crippen LogP contribution in [0.2, 0.25) is 0 Å². The van der Waals surface area contributed by atoms with Crippen LogP contribution in [0.25, 0.3) is 0 Å². The molecule has 34 heavy (non-hydrogen) atoms. The molecule has 0 atom stereocenters. The summed E-state index contributed by atoms with van der Waals surface area (Å²) in [6, 6.07) is 11.6. The van der Waals surface area contributed by atoms with Gasteiger partial charge in [-0.25, -0.2) is 0 Å². The highest BCUT2D eigenvalue weighted by Gasteiger charge is 2.29. The number of halogens is 3. The summed E-state index contributed by atoms with van der Waals surface area (Å²) in [4.78, 5) is 25.4. The second kappa shape index (κ2) is 10.9. The average molecular weight is 662 g/mol. The number of methoxy groups -OCH3 is 1. The summed E-state index contributed by atoms with van der Waals surface area (Å²) in [6.07, 6.45) is 0. The van der Waals surface area contributed by atoms with Gasteiger partial charge >= 0.3 is 0 Å². The molecule has 2 aromatic carbocycles. The van der Waals surface area contributed by atoms with Crippen LogP contribution in [0, 0.1) is 17.4 Å². The van der Waals surface area contributed by atoms with E-state index in [1.807, 2.05) is 36.4 Å². The molecule has 0 radical (unpaired) electrons. The van der Waals surface area contributed by atoms with Crippen LogP contribution < -0.4 is 20.6 Å². The van der Waals surface area contributed by atoms with Crippen LogP contribution in [-0.2, 0) is 6.61 Å². The first-order chi connectivity index (χ1) is 15.8. The third-order valence-electron chi connectivity index (χ3n) is 5.48. The Labute approximate surface area is 223 Å². The van der Waals surface area contributed by atoms with Gasteiger partial charge in [0.1, 0.15) is 6.61 Å². The smallest absolute Gasteiger partial charge is 0.268 e. The van der Waals surface area contributed by atoms with Crippen molar-refractivity contribution in [3.8, 4) is 11.5 Å². The van der Waals surface area contributed by atoms with Crippen LogP contribution in [0.3, 0.4) is 0 Å². The second-order valence-corrected chi connectivity index (χ2v) is 9.70. The Hall–Kier alpha value is -2.44. The van der Waals surface area contributed by atoms with E-state index < -0.39 is 5.92 Å². The molecule has 0 unspecified atom stereocenters. The van der Waals surface area contributed by atoms with Gasteiger partial charge in [0, 0.05) is 21.8 Å². The molecule has 0 fully saturated rings. The van der Waals surface area contributed by atoms with Crippen molar-refractivity contribution < 1.29 is 9.47 Å². The standard InChI is InChI=1S/C23H22BrIN4O4.ClH/c1-11-18(22(30)28-26-11)20(19-12(2)27-29-23(19)31)14-8-16(25)21(17(9-14)32-3)33-10-13-4-6-15(24)7-5-13;/h4-9,20H,10H2,1-3H3,(H2,26,28,30)(H2,27,29,31);1H. The fraction of sp³-hybridized carbons (Fsp3) is 0.217. The molecule has 4 aromatic rings. The van der Waals surface area contributed by atoms with Gasteiger partial charge in [0.2, 0.25) is 0 Å². The maximum atomic E-state index is 12.7. The van der Waals surface area contributed by atoms with Gasteiger partial charge in [0.05, 0.1) is 21.8 Å². The summed E-state index contributed by atoms with van der Waals surface area (Å²) in [6.45, 7) is 3.97. The molecule has 2 aromatic heterocycles. The number of hydrogen-bond donors (Lipinski definition) is 4. The molecule has 0 saturated carbocycles. The van der Waals surface area contributed by atoms with E-state index in [4.69, 9.17) is 9.47 Å². The van der Waals surface area contributed by atoms with Gasteiger partial charge in [-0.3, -0.25) is 19.8 Å². The Balaban J connectivity index is 0.00000324. The largest absolute Gasteiger partial charge is 0.493 e. The molecule has 8 nitrogen and oxygen atoms in total. The average Bonchev–Trinajstić information content (AvgIpc) is 3.30. The number of aromatic amines is 4. The number of aryl methyl sites for hydroxylation is 2. The second-order valence-electron chi connectivity index (χ2n) is 7.62. The quantitative estimate of drug-likeness (QED) is 0.211. The fourth-order valence-corrected chi connectivity index (χ4v) is 4.91. The predicted octanol–water partition coefficient (Wildman–Crippen LogP) is 4.89. The molecule has 0 spiro atoms. The highest BCUT2D eigenvalue weighted by molar-refractivity contribution is 14.1. The third kappa shape index (κ3) is 5.13. The van der Waals surface area contributed by atoms with E-state index in [0.29, 0.717) is 40.6 Å². The minimum Gasteiger partial charge on any atom is -0.493 e. The Kier molecular flexibility index (Phi) is 8.37. The van der Waals surface area contributed by atoms with Gasteiger partial charge in [-0.1, -0.05) is 28.1 Å². The molecule has 4 N–H and O–H groups in total. The number of rotatable bonds is 7. The first-order valence-corrected chi connectivity index (χ1v) is 12.0. The summed E-state index contributed by atoms with van der Waals surface area (Å²) in [5, 5.41) is 11.0. The molecule has 0 aliphatic rings. The minimum absolute atomic E-state index is 0. The molecule has 180 valence electrons. The summed E-state index contributed by atoms with van der Waals surface area (Å²) >= 11 is 5.62. The molecule has 0 amide bonds. The van der Waals surface area contributed by atoms with Gasteiger partial charge in [-0.15, -0.1) is 12.4 Å². The topological polar surface area (TPSA) is 116 Å². The number of H-pyrrole nitrogens is 4. The monoisotopic (exact) mass is 660 g/mol. The first-order valence-electron chi connectivity index (χ1n) is 10.1. The Morgan fingerprint density at radius 1 is 0.941 bits per heavy atom. The lowest BCUT2D eigenvalue weighted by atomic mass is 9.85. The Morgan fingerprint density at radius 2 is 1.50 bits per heavy atom. The summed E-state index contributed by atoms with van der Waals surface area (Å²) < 4.78 is 13.6. The number of benzene rings is 2. The van der Waals surface area contributed by atoms with E-state index in [9.17, 15) is 9.59 Å². The van der Waals surface area contributed by atoms with E-state index >= 15 is 0 Å². The van der Waals surface area contributed by atoms with Gasteiger partial charge < -0.3 is 19.7 Å². The molecule has 4 rings (SSSR count). The number of ether oxygens (including phenoxy) is 2. The summed E-state index contributed by atoms with van der Waals surface area (Å²) in [7, 11) is 1.57. The lowest BCUT2D eigenvalue weighted by Gasteiger charge is -2.20. The van der Waals surface area contributed by atoms with Gasteiger partial charge in [0.25, 0.3) is 11.1 Å². The normalized spacial score (nSPS) is 10.9. The molecule has 11 heteroatoms. The van der Waals surface area contributed by atoms with Crippen molar-refractivity contribution in [3.63, 3.8) is 0 Å². The summed E-state index contributed by atoms with van der Waals surface area (Å²) in [5.74, 6) is 0.522. The third-order valence-corrected chi connectivity index (χ3v) is 6.81. The van der Waals surface area contributed by atoms with Crippen LogP contribution in [0.15, 0.2) is 50.5 Å². The van der Waals surface area contributed by atoms with Crippen molar-refractivity contribution in [2.75, 3.05) is 7.11 Å². The van der Waals surface area contributed by atoms with E-state index in [2.05, 4.69) is 58.9 Å². The lowest BCUT2D eigenvalue weighted by Crippen LogP contribution is -2.20. The van der Waals surface area contributed by atoms with E-state index in [-0.39, 0.29) is 23.5 Å². The maximum Gasteiger partial charge on any atom is 0.268 e. The van der Waals surface area contributed by atoms with Crippen molar-refractivity contribution in [2.45, 2.75) is 26.4 Å². The zero-order chi connectivity index (χ0) is 23.7. The molecular formula is C23H23BrClIN4O4. The van der Waals surface area contributed by atoms with Crippen molar-refractivity contribution in [1.29, 1.82) is 0 Å². The summed E-state index contributed by atoms with van der Waals surface area (Å²) in [5.41, 5.74) is 3.48. The zero-order valence-electron chi connectivity index (χ0n) is 18.5. The molecular weight excluding hydrogens is 639 g/mol. The van der Waals surface area contributed by atoms with Crippen LogP contribution in [0.4, 0.5) is 0 Å². The first kappa shape index (κ1) is 26.2. The fourth-order valence-electron chi connectivity index (χ4n) is 3.87. The minimum atomic E-state index is -0.599. The van der Waals surface area contributed by atoms with E-state index in [0.717, 1.165) is 19.2 Å². The number of nitrogens with one attached hydrogen (secondary N) is 4. The molecule has 0 aliphatic carbocycles. The SMILES string of the molecule is COc1cc(C(c2c(C)[nH][nH]c2=O)c2c(C)[nH][nH]c2=O)cc(I)c1OCc1ccc(Br)cc1.Cl. The van der Waals surface area contributed by atoms with Gasteiger partial charge in [0.15, 0.2) is 11.5 Å². The Bertz CT molecular complexity index is 1350. The van der Waals surface area contributed by atoms with Crippen molar-refractivity contribution in [2.24, 2.45) is 0 Å².